The van der Waals surface area contributed by atoms with Gasteiger partial charge < -0.3 is 5.11 Å². The van der Waals surface area contributed by atoms with Crippen LogP contribution in [0.1, 0.15) is 28.7 Å². The summed E-state index contributed by atoms with van der Waals surface area (Å²) in [5.41, 5.74) is 0. The van der Waals surface area contributed by atoms with E-state index in [2.05, 4.69) is 19.2 Å². The molecule has 0 radical (unpaired) electrons. The third-order valence-corrected chi connectivity index (χ3v) is 3.71. The van der Waals surface area contributed by atoms with Crippen LogP contribution in [0.2, 0.25) is 0 Å². The van der Waals surface area contributed by atoms with Crippen LogP contribution in [0.4, 0.5) is 0 Å². The van der Waals surface area contributed by atoms with Crippen molar-refractivity contribution in [3.63, 3.8) is 0 Å². The minimum Gasteiger partial charge on any atom is -0.388 e. The van der Waals surface area contributed by atoms with E-state index in [0.29, 0.717) is 0 Å². The summed E-state index contributed by atoms with van der Waals surface area (Å²) in [5.74, 6) is 1.14. The summed E-state index contributed by atoms with van der Waals surface area (Å²) in [6.07, 6.45) is 3.84. The van der Waals surface area contributed by atoms with E-state index in [1.54, 1.807) is 11.3 Å². The first-order valence-corrected chi connectivity index (χ1v) is 6.68. The largest absolute Gasteiger partial charge is 0.388 e. The Hall–Kier alpha value is 0.01000. The third-order valence-electron chi connectivity index (χ3n) is 1.92. The van der Waals surface area contributed by atoms with Crippen LogP contribution < -0.4 is 0 Å². The van der Waals surface area contributed by atoms with Gasteiger partial charge in [0.2, 0.25) is 0 Å². The zero-order chi connectivity index (χ0) is 9.68. The maximum absolute atomic E-state index is 9.76. The van der Waals surface area contributed by atoms with Gasteiger partial charge >= 0.3 is 0 Å². The Labute approximate surface area is 88.2 Å². The van der Waals surface area contributed by atoms with E-state index in [1.807, 2.05) is 17.8 Å². The van der Waals surface area contributed by atoms with Gasteiger partial charge in [-0.3, -0.25) is 0 Å². The standard InChI is InChI=1S/C10H16OS2/c1-8-5-6-10(13-8)9(11)4-3-7-12-2/h5-6,9,11H,3-4,7H2,1-2H3. The molecule has 0 spiro atoms. The van der Waals surface area contributed by atoms with Gasteiger partial charge in [0.25, 0.3) is 0 Å². The lowest BCUT2D eigenvalue weighted by Crippen LogP contribution is -1.94. The van der Waals surface area contributed by atoms with Crippen LogP contribution >= 0.6 is 23.1 Å². The molecule has 1 atom stereocenters. The Morgan fingerprint density at radius 2 is 2.31 bits per heavy atom. The highest BCUT2D eigenvalue weighted by atomic mass is 32.2. The maximum Gasteiger partial charge on any atom is 0.0882 e. The van der Waals surface area contributed by atoms with Crippen molar-refractivity contribution in [2.24, 2.45) is 0 Å². The van der Waals surface area contributed by atoms with Crippen LogP contribution in [-0.2, 0) is 0 Å². The van der Waals surface area contributed by atoms with E-state index < -0.39 is 0 Å². The second-order valence-electron chi connectivity index (χ2n) is 3.10. The van der Waals surface area contributed by atoms with Gasteiger partial charge in [0, 0.05) is 9.75 Å². The molecule has 13 heavy (non-hydrogen) atoms. The van der Waals surface area contributed by atoms with E-state index in [9.17, 15) is 5.11 Å². The van der Waals surface area contributed by atoms with Crippen LogP contribution in [0.3, 0.4) is 0 Å². The van der Waals surface area contributed by atoms with Crippen molar-refractivity contribution in [2.45, 2.75) is 25.9 Å². The van der Waals surface area contributed by atoms with Gasteiger partial charge in [0.15, 0.2) is 0 Å². The second kappa shape index (κ2) is 5.68. The average molecular weight is 216 g/mol. The monoisotopic (exact) mass is 216 g/mol. The van der Waals surface area contributed by atoms with Crippen molar-refractivity contribution in [2.75, 3.05) is 12.0 Å². The fourth-order valence-electron chi connectivity index (χ4n) is 1.20. The van der Waals surface area contributed by atoms with Gasteiger partial charge in [-0.15, -0.1) is 11.3 Å². The SMILES string of the molecule is CSCCCC(O)c1ccc(C)s1. The quantitative estimate of drug-likeness (QED) is 0.763. The smallest absolute Gasteiger partial charge is 0.0882 e. The lowest BCUT2D eigenvalue weighted by molar-refractivity contribution is 0.170. The minimum absolute atomic E-state index is 0.245. The number of aliphatic hydroxyl groups is 1. The molecule has 1 aromatic rings. The topological polar surface area (TPSA) is 20.2 Å². The molecule has 0 saturated heterocycles. The summed E-state index contributed by atoms with van der Waals surface area (Å²) < 4.78 is 0. The summed E-state index contributed by atoms with van der Waals surface area (Å²) in [7, 11) is 0. The predicted molar refractivity (Wildman–Crippen MR) is 61.6 cm³/mol. The molecule has 1 heterocycles. The Morgan fingerprint density at radius 1 is 1.54 bits per heavy atom. The van der Waals surface area contributed by atoms with Crippen molar-refractivity contribution < 1.29 is 5.11 Å². The lowest BCUT2D eigenvalue weighted by Gasteiger charge is -2.06. The molecule has 1 nitrogen and oxygen atoms in total. The minimum atomic E-state index is -0.245. The van der Waals surface area contributed by atoms with Gasteiger partial charge in [0.1, 0.15) is 0 Å². The van der Waals surface area contributed by atoms with Crippen LogP contribution in [0.25, 0.3) is 0 Å². The molecule has 74 valence electrons. The molecule has 1 unspecified atom stereocenters. The molecule has 0 aliphatic heterocycles. The predicted octanol–water partition coefficient (Wildman–Crippen LogP) is 3.23. The molecule has 3 heteroatoms. The van der Waals surface area contributed by atoms with Crippen LogP contribution in [0, 0.1) is 6.92 Å². The zero-order valence-electron chi connectivity index (χ0n) is 8.12. The summed E-state index contributed by atoms with van der Waals surface area (Å²) in [6, 6.07) is 4.10. The molecule has 1 rings (SSSR count). The Morgan fingerprint density at radius 3 is 2.85 bits per heavy atom. The van der Waals surface area contributed by atoms with Crippen LogP contribution in [0.5, 0.6) is 0 Å². The van der Waals surface area contributed by atoms with Crippen molar-refractivity contribution >= 4 is 23.1 Å². The lowest BCUT2D eigenvalue weighted by atomic mass is 10.2. The molecule has 0 aliphatic rings. The molecule has 0 aromatic carbocycles. The normalized spacial score (nSPS) is 13.2. The van der Waals surface area contributed by atoms with Crippen molar-refractivity contribution in [3.8, 4) is 0 Å². The van der Waals surface area contributed by atoms with Gasteiger partial charge in [-0.05, 0) is 43.9 Å². The molecule has 1 N–H and O–H groups in total. The fraction of sp³-hybridized carbons (Fsp3) is 0.600. The number of aryl methyl sites for hydroxylation is 1. The Balaban J connectivity index is 2.35. The van der Waals surface area contributed by atoms with Crippen molar-refractivity contribution in [3.05, 3.63) is 21.9 Å². The van der Waals surface area contributed by atoms with E-state index in [-0.39, 0.29) is 6.10 Å². The molecular weight excluding hydrogens is 200 g/mol. The van der Waals surface area contributed by atoms with Crippen molar-refractivity contribution in [1.29, 1.82) is 0 Å². The number of aliphatic hydroxyl groups excluding tert-OH is 1. The first-order chi connectivity index (χ1) is 6.24. The van der Waals surface area contributed by atoms with E-state index in [1.165, 1.54) is 4.88 Å². The summed E-state index contributed by atoms with van der Waals surface area (Å²) >= 11 is 3.53. The fourth-order valence-corrected chi connectivity index (χ4v) is 2.55. The summed E-state index contributed by atoms with van der Waals surface area (Å²) in [6.45, 7) is 2.07. The third kappa shape index (κ3) is 3.71. The highest BCUT2D eigenvalue weighted by Gasteiger charge is 2.08. The molecule has 1 aromatic heterocycles. The number of hydrogen-bond acceptors (Lipinski definition) is 3. The first kappa shape index (κ1) is 11.1. The van der Waals surface area contributed by atoms with E-state index in [4.69, 9.17) is 0 Å². The van der Waals surface area contributed by atoms with Crippen LogP contribution in [0.15, 0.2) is 12.1 Å². The molecule has 0 fully saturated rings. The zero-order valence-corrected chi connectivity index (χ0v) is 9.75. The van der Waals surface area contributed by atoms with Gasteiger partial charge in [-0.2, -0.15) is 11.8 Å². The van der Waals surface area contributed by atoms with Gasteiger partial charge in [-0.1, -0.05) is 0 Å². The van der Waals surface area contributed by atoms with Crippen molar-refractivity contribution in [1.82, 2.24) is 0 Å². The molecule has 0 amide bonds. The first-order valence-electron chi connectivity index (χ1n) is 4.47. The number of hydrogen-bond donors (Lipinski definition) is 1. The highest BCUT2D eigenvalue weighted by molar-refractivity contribution is 7.98. The molecule has 0 bridgehead atoms. The summed E-state index contributed by atoms with van der Waals surface area (Å²) in [5, 5.41) is 9.76. The second-order valence-corrected chi connectivity index (χ2v) is 5.40. The van der Waals surface area contributed by atoms with E-state index >= 15 is 0 Å². The van der Waals surface area contributed by atoms with Gasteiger partial charge in [-0.25, -0.2) is 0 Å². The number of thiophene rings is 1. The average Bonchev–Trinajstić information content (AvgIpc) is 2.52. The highest BCUT2D eigenvalue weighted by Crippen LogP contribution is 2.26. The molecular formula is C10H16OS2. The Kier molecular flexibility index (Phi) is 4.84. The number of rotatable bonds is 5. The Bertz CT molecular complexity index is 245. The molecule has 0 saturated carbocycles. The molecule has 0 aliphatic carbocycles. The summed E-state index contributed by atoms with van der Waals surface area (Å²) in [4.78, 5) is 2.39. The maximum atomic E-state index is 9.76. The number of thioether (sulfide) groups is 1. The van der Waals surface area contributed by atoms with Gasteiger partial charge in [0.05, 0.1) is 6.10 Å². The van der Waals surface area contributed by atoms with Crippen LogP contribution in [-0.4, -0.2) is 17.1 Å². The van der Waals surface area contributed by atoms with E-state index in [0.717, 1.165) is 23.5 Å².